The lowest BCUT2D eigenvalue weighted by Gasteiger charge is -2.35. The Morgan fingerprint density at radius 3 is 2.28 bits per heavy atom. The molecule has 2 aromatic rings. The standard InChI is InChI=1S/C25H32N2O5/c1-17(2)13-26(14-18(3)4)23(28)16-32-25(30)21-12-19-8-5-6-9-20(19)15-27(21)24(29)22-10-7-11-31-22/h5-11,17-18,21H,12-16H2,1-4H3/t21-/m0/s1. The van der Waals surface area contributed by atoms with Crippen LogP contribution in [-0.2, 0) is 27.3 Å². The zero-order valence-corrected chi connectivity index (χ0v) is 19.2. The van der Waals surface area contributed by atoms with E-state index in [-0.39, 0.29) is 30.7 Å². The Kier molecular flexibility index (Phi) is 7.72. The number of benzene rings is 1. The number of rotatable bonds is 8. The summed E-state index contributed by atoms with van der Waals surface area (Å²) >= 11 is 0. The van der Waals surface area contributed by atoms with Gasteiger partial charge in [-0.2, -0.15) is 0 Å². The quantitative estimate of drug-likeness (QED) is 0.587. The highest BCUT2D eigenvalue weighted by atomic mass is 16.5. The zero-order valence-electron chi connectivity index (χ0n) is 19.2. The largest absolute Gasteiger partial charge is 0.459 e. The Balaban J connectivity index is 1.73. The van der Waals surface area contributed by atoms with Gasteiger partial charge in [0.1, 0.15) is 6.04 Å². The number of hydrogen-bond acceptors (Lipinski definition) is 5. The van der Waals surface area contributed by atoms with Crippen LogP contribution in [0.5, 0.6) is 0 Å². The highest BCUT2D eigenvalue weighted by Crippen LogP contribution is 2.26. The molecule has 0 fully saturated rings. The van der Waals surface area contributed by atoms with Gasteiger partial charge in [-0.1, -0.05) is 52.0 Å². The summed E-state index contributed by atoms with van der Waals surface area (Å²) in [7, 11) is 0. The summed E-state index contributed by atoms with van der Waals surface area (Å²) < 4.78 is 10.7. The third-order valence-electron chi connectivity index (χ3n) is 5.38. The van der Waals surface area contributed by atoms with Gasteiger partial charge < -0.3 is 19.0 Å². The monoisotopic (exact) mass is 440 g/mol. The molecule has 1 aliphatic heterocycles. The van der Waals surface area contributed by atoms with E-state index < -0.39 is 12.0 Å². The van der Waals surface area contributed by atoms with Crippen molar-refractivity contribution in [3.8, 4) is 0 Å². The van der Waals surface area contributed by atoms with Gasteiger partial charge in [-0.05, 0) is 35.1 Å². The molecular weight excluding hydrogens is 408 g/mol. The molecule has 0 saturated carbocycles. The molecule has 1 aromatic heterocycles. The molecule has 1 aromatic carbocycles. The molecule has 0 unspecified atom stereocenters. The van der Waals surface area contributed by atoms with Crippen LogP contribution in [0.2, 0.25) is 0 Å². The summed E-state index contributed by atoms with van der Waals surface area (Å²) in [5.41, 5.74) is 1.97. The van der Waals surface area contributed by atoms with Gasteiger partial charge in [0.25, 0.3) is 11.8 Å². The van der Waals surface area contributed by atoms with Crippen LogP contribution in [0.25, 0.3) is 0 Å². The van der Waals surface area contributed by atoms with Crippen LogP contribution in [0.15, 0.2) is 47.1 Å². The molecule has 3 rings (SSSR count). The summed E-state index contributed by atoms with van der Waals surface area (Å²) in [6.45, 7) is 9.33. The lowest BCUT2D eigenvalue weighted by Crippen LogP contribution is -2.50. The molecule has 1 atom stereocenters. The van der Waals surface area contributed by atoms with Crippen molar-refractivity contribution < 1.29 is 23.5 Å². The van der Waals surface area contributed by atoms with Crippen molar-refractivity contribution in [2.24, 2.45) is 11.8 Å². The molecule has 7 nitrogen and oxygen atoms in total. The minimum Gasteiger partial charge on any atom is -0.459 e. The molecular formula is C25H32N2O5. The van der Waals surface area contributed by atoms with E-state index >= 15 is 0 Å². The van der Waals surface area contributed by atoms with E-state index in [9.17, 15) is 14.4 Å². The first-order valence-corrected chi connectivity index (χ1v) is 11.1. The minimum absolute atomic E-state index is 0.165. The topological polar surface area (TPSA) is 80.1 Å². The Bertz CT molecular complexity index is 926. The molecule has 32 heavy (non-hydrogen) atoms. The van der Waals surface area contributed by atoms with E-state index in [0.717, 1.165) is 11.1 Å². The van der Waals surface area contributed by atoms with E-state index in [2.05, 4.69) is 0 Å². The van der Waals surface area contributed by atoms with E-state index in [1.165, 1.54) is 11.2 Å². The predicted octanol–water partition coefficient (Wildman–Crippen LogP) is 3.53. The Labute approximate surface area is 189 Å². The van der Waals surface area contributed by atoms with Gasteiger partial charge in [0, 0.05) is 26.1 Å². The summed E-state index contributed by atoms with van der Waals surface area (Å²) in [6, 6.07) is 10.1. The van der Waals surface area contributed by atoms with Crippen molar-refractivity contribution in [3.63, 3.8) is 0 Å². The van der Waals surface area contributed by atoms with Crippen molar-refractivity contribution in [3.05, 3.63) is 59.5 Å². The number of nitrogens with zero attached hydrogens (tertiary/aromatic N) is 2. The second kappa shape index (κ2) is 10.5. The second-order valence-corrected chi connectivity index (χ2v) is 9.09. The third-order valence-corrected chi connectivity index (χ3v) is 5.38. The molecule has 0 bridgehead atoms. The van der Waals surface area contributed by atoms with Crippen LogP contribution >= 0.6 is 0 Å². The average molecular weight is 441 g/mol. The molecule has 1 aliphatic rings. The van der Waals surface area contributed by atoms with Crippen molar-refractivity contribution in [1.82, 2.24) is 9.80 Å². The zero-order chi connectivity index (χ0) is 23.3. The number of furan rings is 1. The fourth-order valence-electron chi connectivity index (χ4n) is 3.97. The van der Waals surface area contributed by atoms with Gasteiger partial charge in [-0.3, -0.25) is 9.59 Å². The second-order valence-electron chi connectivity index (χ2n) is 9.09. The van der Waals surface area contributed by atoms with Gasteiger partial charge in [0.15, 0.2) is 12.4 Å². The predicted molar refractivity (Wildman–Crippen MR) is 120 cm³/mol. The normalized spacial score (nSPS) is 15.6. The SMILES string of the molecule is CC(C)CN(CC(C)C)C(=O)COC(=O)[C@@H]1Cc2ccccc2CN1C(=O)c1ccco1. The highest BCUT2D eigenvalue weighted by molar-refractivity contribution is 5.95. The van der Waals surface area contributed by atoms with Crippen molar-refractivity contribution in [2.75, 3.05) is 19.7 Å². The number of hydrogen-bond donors (Lipinski definition) is 0. The molecule has 0 spiro atoms. The number of carbonyl (C=O) groups is 3. The first kappa shape index (κ1) is 23.6. The van der Waals surface area contributed by atoms with Crippen LogP contribution in [0.3, 0.4) is 0 Å². The van der Waals surface area contributed by atoms with Gasteiger partial charge in [0.05, 0.1) is 6.26 Å². The Hall–Kier alpha value is -3.09. The van der Waals surface area contributed by atoms with Crippen molar-refractivity contribution in [2.45, 2.75) is 46.7 Å². The van der Waals surface area contributed by atoms with Crippen LogP contribution < -0.4 is 0 Å². The maximum Gasteiger partial charge on any atom is 0.329 e. The summed E-state index contributed by atoms with van der Waals surface area (Å²) in [6.07, 6.45) is 1.76. The van der Waals surface area contributed by atoms with Gasteiger partial charge in [0.2, 0.25) is 0 Å². The number of fused-ring (bicyclic) bond motifs is 1. The van der Waals surface area contributed by atoms with Gasteiger partial charge in [-0.25, -0.2) is 4.79 Å². The number of esters is 1. The molecule has 0 aliphatic carbocycles. The maximum atomic E-state index is 13.0. The maximum absolute atomic E-state index is 13.0. The Morgan fingerprint density at radius 2 is 1.69 bits per heavy atom. The summed E-state index contributed by atoms with van der Waals surface area (Å²) in [5, 5.41) is 0. The molecule has 0 radical (unpaired) electrons. The molecule has 7 heteroatoms. The highest BCUT2D eigenvalue weighted by Gasteiger charge is 2.37. The molecule has 2 heterocycles. The summed E-state index contributed by atoms with van der Waals surface area (Å²) in [4.78, 5) is 42.0. The third kappa shape index (κ3) is 5.78. The Morgan fingerprint density at radius 1 is 1.03 bits per heavy atom. The number of ether oxygens (including phenoxy) is 1. The number of carbonyl (C=O) groups excluding carboxylic acids is 3. The van der Waals surface area contributed by atoms with E-state index in [0.29, 0.717) is 31.3 Å². The smallest absolute Gasteiger partial charge is 0.329 e. The molecule has 0 N–H and O–H groups in total. The van der Waals surface area contributed by atoms with Crippen LogP contribution in [-0.4, -0.2) is 53.3 Å². The van der Waals surface area contributed by atoms with Crippen LogP contribution in [0, 0.1) is 11.8 Å². The average Bonchev–Trinajstić information content (AvgIpc) is 3.29. The van der Waals surface area contributed by atoms with E-state index in [1.54, 1.807) is 17.0 Å². The molecule has 2 amide bonds. The van der Waals surface area contributed by atoms with Gasteiger partial charge >= 0.3 is 5.97 Å². The number of amides is 2. The van der Waals surface area contributed by atoms with Crippen LogP contribution in [0.1, 0.15) is 49.4 Å². The van der Waals surface area contributed by atoms with Gasteiger partial charge in [-0.15, -0.1) is 0 Å². The summed E-state index contributed by atoms with van der Waals surface area (Å²) in [5.74, 6) is -0.394. The minimum atomic E-state index is -0.820. The van der Waals surface area contributed by atoms with Crippen molar-refractivity contribution in [1.29, 1.82) is 0 Å². The first-order chi connectivity index (χ1) is 15.3. The van der Waals surface area contributed by atoms with E-state index in [1.807, 2.05) is 52.0 Å². The lowest BCUT2D eigenvalue weighted by atomic mass is 9.93. The fourth-order valence-corrected chi connectivity index (χ4v) is 3.97. The fraction of sp³-hybridized carbons (Fsp3) is 0.480. The molecule has 0 saturated heterocycles. The van der Waals surface area contributed by atoms with E-state index in [4.69, 9.17) is 9.15 Å². The van der Waals surface area contributed by atoms with Crippen LogP contribution in [0.4, 0.5) is 0 Å². The lowest BCUT2D eigenvalue weighted by molar-refractivity contribution is -0.156. The van der Waals surface area contributed by atoms with Crippen molar-refractivity contribution >= 4 is 17.8 Å². The molecule has 172 valence electrons. The first-order valence-electron chi connectivity index (χ1n) is 11.1.